The lowest BCUT2D eigenvalue weighted by Gasteiger charge is -2.53. The van der Waals surface area contributed by atoms with Crippen molar-refractivity contribution in [3.8, 4) is 0 Å². The van der Waals surface area contributed by atoms with Crippen molar-refractivity contribution in [2.45, 2.75) is 44.4 Å². The quantitative estimate of drug-likeness (QED) is 0.892. The van der Waals surface area contributed by atoms with Gasteiger partial charge in [0.2, 0.25) is 0 Å². The Morgan fingerprint density at radius 2 is 1.78 bits per heavy atom. The van der Waals surface area contributed by atoms with Gasteiger partial charge in [-0.3, -0.25) is 0 Å². The topological polar surface area (TPSA) is 52.0 Å². The van der Waals surface area contributed by atoms with Crippen molar-refractivity contribution >= 4 is 0 Å². The molecule has 5 rings (SSSR count). The normalized spacial score (nSPS) is 41.5. The Kier molecular flexibility index (Phi) is 2.51. The highest BCUT2D eigenvalue weighted by molar-refractivity contribution is 5.10. The van der Waals surface area contributed by atoms with Crippen LogP contribution in [0.4, 0.5) is 0 Å². The molecule has 0 amide bonds. The first kappa shape index (κ1) is 11.0. The Hall–Kier alpha value is -0.830. The summed E-state index contributed by atoms with van der Waals surface area (Å²) in [6, 6.07) is 0. The molecule has 0 saturated heterocycles. The van der Waals surface area contributed by atoms with Crippen LogP contribution in [0.3, 0.4) is 0 Å². The van der Waals surface area contributed by atoms with Crippen LogP contribution >= 0.6 is 0 Å². The Balaban J connectivity index is 1.60. The molecule has 0 spiro atoms. The highest BCUT2D eigenvalue weighted by atomic mass is 16.4. The van der Waals surface area contributed by atoms with Crippen molar-refractivity contribution in [1.29, 1.82) is 0 Å². The third-order valence-corrected chi connectivity index (χ3v) is 5.47. The smallest absolute Gasteiger partial charge is 0.198 e. The van der Waals surface area contributed by atoms with Crippen molar-refractivity contribution in [1.82, 2.24) is 4.98 Å². The maximum atomic E-state index is 5.96. The molecule has 18 heavy (non-hydrogen) atoms. The average molecular weight is 246 g/mol. The van der Waals surface area contributed by atoms with Crippen LogP contribution in [0.25, 0.3) is 0 Å². The van der Waals surface area contributed by atoms with Crippen LogP contribution in [-0.4, -0.2) is 11.5 Å². The summed E-state index contributed by atoms with van der Waals surface area (Å²) in [7, 11) is 0. The van der Waals surface area contributed by atoms with Crippen molar-refractivity contribution < 1.29 is 4.42 Å². The second kappa shape index (κ2) is 4.09. The molecule has 0 radical (unpaired) electrons. The van der Waals surface area contributed by atoms with E-state index in [9.17, 15) is 0 Å². The Morgan fingerprint density at radius 3 is 2.39 bits per heavy atom. The molecule has 1 aromatic heterocycles. The van der Waals surface area contributed by atoms with Crippen molar-refractivity contribution in [3.05, 3.63) is 17.8 Å². The molecule has 1 aromatic rings. The van der Waals surface area contributed by atoms with E-state index in [-0.39, 0.29) is 0 Å². The minimum Gasteiger partial charge on any atom is -0.445 e. The monoisotopic (exact) mass is 246 g/mol. The molecule has 0 atom stereocenters. The first-order chi connectivity index (χ1) is 8.83. The fourth-order valence-electron chi connectivity index (χ4n) is 5.06. The number of oxazole rings is 1. The van der Waals surface area contributed by atoms with Crippen LogP contribution in [0.5, 0.6) is 0 Å². The zero-order valence-electron chi connectivity index (χ0n) is 10.8. The Labute approximate surface area is 108 Å². The molecule has 3 nitrogen and oxygen atoms in total. The first-order valence-electron chi connectivity index (χ1n) is 7.48. The molecule has 4 aliphatic rings. The summed E-state index contributed by atoms with van der Waals surface area (Å²) in [5.74, 6) is 6.35. The van der Waals surface area contributed by atoms with Crippen LogP contribution in [0.1, 0.15) is 49.7 Å². The first-order valence-corrected chi connectivity index (χ1v) is 7.48. The van der Waals surface area contributed by atoms with Gasteiger partial charge < -0.3 is 10.2 Å². The third-order valence-electron chi connectivity index (χ3n) is 5.47. The second-order valence-corrected chi connectivity index (χ2v) is 6.66. The standard InChI is InChI=1S/C15H22N2O/c16-2-1-13-8-17-15(18-13)14-11-4-9-3-10(6-11)7-12(14)5-9/h8-12,14H,1-7,16H2. The maximum Gasteiger partial charge on any atom is 0.198 e. The molecule has 0 unspecified atom stereocenters. The van der Waals surface area contributed by atoms with E-state index < -0.39 is 0 Å². The molecule has 1 heterocycles. The molecule has 98 valence electrons. The predicted molar refractivity (Wildman–Crippen MR) is 69.0 cm³/mol. The van der Waals surface area contributed by atoms with Gasteiger partial charge in [0.15, 0.2) is 5.89 Å². The zero-order chi connectivity index (χ0) is 12.1. The molecule has 4 fully saturated rings. The van der Waals surface area contributed by atoms with Gasteiger partial charge >= 0.3 is 0 Å². The van der Waals surface area contributed by atoms with Crippen molar-refractivity contribution in [2.75, 3.05) is 6.54 Å². The van der Waals surface area contributed by atoms with Gasteiger partial charge in [0, 0.05) is 12.3 Å². The van der Waals surface area contributed by atoms with Crippen LogP contribution < -0.4 is 5.73 Å². The molecular formula is C15H22N2O. The van der Waals surface area contributed by atoms with Crippen molar-refractivity contribution in [2.24, 2.45) is 29.4 Å². The summed E-state index contributed by atoms with van der Waals surface area (Å²) < 4.78 is 5.96. The minimum absolute atomic E-state index is 0.615. The lowest BCUT2D eigenvalue weighted by Crippen LogP contribution is -2.43. The highest BCUT2D eigenvalue weighted by Gasteiger charge is 2.50. The van der Waals surface area contributed by atoms with E-state index in [2.05, 4.69) is 4.98 Å². The van der Waals surface area contributed by atoms with E-state index >= 15 is 0 Å². The lowest BCUT2D eigenvalue weighted by molar-refractivity contribution is -0.0117. The molecule has 2 N–H and O–H groups in total. The number of aromatic nitrogens is 1. The molecule has 0 aliphatic heterocycles. The van der Waals surface area contributed by atoms with Crippen LogP contribution in [0, 0.1) is 23.7 Å². The van der Waals surface area contributed by atoms with E-state index in [1.54, 1.807) is 0 Å². The van der Waals surface area contributed by atoms with Gasteiger partial charge in [0.05, 0.1) is 6.20 Å². The molecule has 0 aromatic carbocycles. The number of hydrogen-bond donors (Lipinski definition) is 1. The number of hydrogen-bond acceptors (Lipinski definition) is 3. The summed E-state index contributed by atoms with van der Waals surface area (Å²) in [6.45, 7) is 0.649. The van der Waals surface area contributed by atoms with Gasteiger partial charge in [0.1, 0.15) is 5.76 Å². The summed E-state index contributed by atoms with van der Waals surface area (Å²) >= 11 is 0. The molecule has 4 saturated carbocycles. The molecule has 4 aliphatic carbocycles. The largest absolute Gasteiger partial charge is 0.445 e. The predicted octanol–water partition coefficient (Wildman–Crippen LogP) is 2.72. The van der Waals surface area contributed by atoms with E-state index in [0.29, 0.717) is 12.5 Å². The molecular weight excluding hydrogens is 224 g/mol. The van der Waals surface area contributed by atoms with Gasteiger partial charge in [0.25, 0.3) is 0 Å². The summed E-state index contributed by atoms with van der Waals surface area (Å²) in [5.41, 5.74) is 5.58. The number of nitrogens with two attached hydrogens (primary N) is 1. The average Bonchev–Trinajstić information content (AvgIpc) is 2.76. The fraction of sp³-hybridized carbons (Fsp3) is 0.800. The summed E-state index contributed by atoms with van der Waals surface area (Å²) in [6.07, 6.45) is 9.91. The van der Waals surface area contributed by atoms with Gasteiger partial charge in [-0.1, -0.05) is 0 Å². The number of nitrogens with zero attached hydrogens (tertiary/aromatic N) is 1. The van der Waals surface area contributed by atoms with Gasteiger partial charge in [-0.2, -0.15) is 0 Å². The van der Waals surface area contributed by atoms with E-state index in [1.807, 2.05) is 6.20 Å². The third kappa shape index (κ3) is 1.63. The Bertz CT molecular complexity index is 411. The Morgan fingerprint density at radius 1 is 1.11 bits per heavy atom. The fourth-order valence-corrected chi connectivity index (χ4v) is 5.06. The highest BCUT2D eigenvalue weighted by Crippen LogP contribution is 2.59. The van der Waals surface area contributed by atoms with E-state index in [1.165, 1.54) is 32.1 Å². The lowest BCUT2D eigenvalue weighted by atomic mass is 9.52. The second-order valence-electron chi connectivity index (χ2n) is 6.66. The van der Waals surface area contributed by atoms with Gasteiger partial charge in [-0.25, -0.2) is 4.98 Å². The zero-order valence-corrected chi connectivity index (χ0v) is 10.8. The SMILES string of the molecule is NCCc1cnc(C2C3CC4CC(C3)CC2C4)o1. The van der Waals surface area contributed by atoms with Crippen LogP contribution in [0.15, 0.2) is 10.6 Å². The molecule has 4 bridgehead atoms. The van der Waals surface area contributed by atoms with Crippen LogP contribution in [0.2, 0.25) is 0 Å². The summed E-state index contributed by atoms with van der Waals surface area (Å²) in [5, 5.41) is 0. The van der Waals surface area contributed by atoms with E-state index in [4.69, 9.17) is 10.2 Å². The minimum atomic E-state index is 0.615. The van der Waals surface area contributed by atoms with Gasteiger partial charge in [-0.15, -0.1) is 0 Å². The van der Waals surface area contributed by atoms with Crippen LogP contribution in [-0.2, 0) is 6.42 Å². The van der Waals surface area contributed by atoms with Crippen molar-refractivity contribution in [3.63, 3.8) is 0 Å². The molecule has 3 heteroatoms. The maximum absolute atomic E-state index is 5.96. The van der Waals surface area contributed by atoms with Gasteiger partial charge in [-0.05, 0) is 62.3 Å². The van der Waals surface area contributed by atoms with E-state index in [0.717, 1.165) is 41.7 Å². The number of rotatable bonds is 3. The summed E-state index contributed by atoms with van der Waals surface area (Å²) in [4.78, 5) is 4.56.